The largest absolute Gasteiger partial charge is 0.476 e. The third-order valence-electron chi connectivity index (χ3n) is 2.62. The minimum absolute atomic E-state index is 0.143. The van der Waals surface area contributed by atoms with Gasteiger partial charge in [0, 0.05) is 16.6 Å². The number of nitrogens with one attached hydrogen (secondary N) is 1. The maximum absolute atomic E-state index is 8.80. The number of hydrogen-bond acceptors (Lipinski definition) is 3. The number of rotatable bonds is 6. The van der Waals surface area contributed by atoms with E-state index in [0.717, 1.165) is 18.5 Å². The summed E-state index contributed by atoms with van der Waals surface area (Å²) in [6.45, 7) is 6.83. The lowest BCUT2D eigenvalue weighted by atomic mass is 10.1. The number of halogens is 1. The number of nitrogens with zero attached hydrogens (tertiary/aromatic N) is 1. The fourth-order valence-electron chi connectivity index (χ4n) is 1.65. The Bertz CT molecular complexity index is 428. The monoisotopic (exact) mass is 266 g/mol. The zero-order valence-corrected chi connectivity index (χ0v) is 11.8. The summed E-state index contributed by atoms with van der Waals surface area (Å²) in [6.07, 6.45) is 0.596. The first-order chi connectivity index (χ1) is 8.58. The predicted octanol–water partition coefficient (Wildman–Crippen LogP) is 3.69. The Labute approximate surface area is 114 Å². The van der Waals surface area contributed by atoms with Gasteiger partial charge in [-0.05, 0) is 45.0 Å². The minimum Gasteiger partial charge on any atom is -0.476 e. The van der Waals surface area contributed by atoms with E-state index in [-0.39, 0.29) is 6.04 Å². The fourth-order valence-corrected chi connectivity index (χ4v) is 1.83. The molecule has 0 aliphatic carbocycles. The molecule has 0 radical (unpaired) electrons. The molecule has 3 nitrogen and oxygen atoms in total. The Balaban J connectivity index is 2.92. The van der Waals surface area contributed by atoms with Gasteiger partial charge >= 0.3 is 0 Å². The van der Waals surface area contributed by atoms with Crippen molar-refractivity contribution in [3.63, 3.8) is 0 Å². The topological polar surface area (TPSA) is 45.0 Å². The summed E-state index contributed by atoms with van der Waals surface area (Å²) >= 11 is 6.02. The first-order valence-electron chi connectivity index (χ1n) is 6.17. The van der Waals surface area contributed by atoms with Gasteiger partial charge in [0.25, 0.3) is 0 Å². The molecule has 0 heterocycles. The lowest BCUT2D eigenvalue weighted by Gasteiger charge is -2.19. The molecule has 98 valence electrons. The van der Waals surface area contributed by atoms with Crippen molar-refractivity contribution < 1.29 is 4.74 Å². The average molecular weight is 267 g/mol. The van der Waals surface area contributed by atoms with Gasteiger partial charge in [-0.15, -0.1) is 0 Å². The van der Waals surface area contributed by atoms with Gasteiger partial charge < -0.3 is 10.1 Å². The van der Waals surface area contributed by atoms with Crippen LogP contribution in [0.2, 0.25) is 5.02 Å². The maximum Gasteiger partial charge on any atom is 0.181 e. The second-order valence-electron chi connectivity index (χ2n) is 4.25. The Kier molecular flexibility index (Phi) is 5.97. The molecule has 0 saturated carbocycles. The van der Waals surface area contributed by atoms with E-state index in [2.05, 4.69) is 25.2 Å². The van der Waals surface area contributed by atoms with E-state index in [1.54, 1.807) is 13.0 Å². The molecule has 0 saturated heterocycles. The predicted molar refractivity (Wildman–Crippen MR) is 73.9 cm³/mol. The SMILES string of the molecule is CCCNC(C)c1cc(Cl)ccc1OC(C)C#N. The van der Waals surface area contributed by atoms with E-state index in [9.17, 15) is 0 Å². The van der Waals surface area contributed by atoms with Crippen molar-refractivity contribution in [2.45, 2.75) is 39.3 Å². The molecule has 0 fully saturated rings. The highest BCUT2D eigenvalue weighted by atomic mass is 35.5. The van der Waals surface area contributed by atoms with E-state index in [1.165, 1.54) is 0 Å². The molecular formula is C14H19ClN2O. The smallest absolute Gasteiger partial charge is 0.181 e. The van der Waals surface area contributed by atoms with Gasteiger partial charge in [-0.1, -0.05) is 18.5 Å². The van der Waals surface area contributed by atoms with Crippen LogP contribution in [0.15, 0.2) is 18.2 Å². The quantitative estimate of drug-likeness (QED) is 0.854. The van der Waals surface area contributed by atoms with Crippen molar-refractivity contribution in [3.05, 3.63) is 28.8 Å². The van der Waals surface area contributed by atoms with E-state index in [4.69, 9.17) is 21.6 Å². The van der Waals surface area contributed by atoms with E-state index in [0.29, 0.717) is 10.8 Å². The highest BCUT2D eigenvalue weighted by Gasteiger charge is 2.13. The second kappa shape index (κ2) is 7.25. The standard InChI is InChI=1S/C14H19ClN2O/c1-4-7-17-11(3)13-8-12(15)5-6-14(13)18-10(2)9-16/h5-6,8,10-11,17H,4,7H2,1-3H3. The highest BCUT2D eigenvalue weighted by molar-refractivity contribution is 6.30. The van der Waals surface area contributed by atoms with Gasteiger partial charge in [0.15, 0.2) is 6.10 Å². The third kappa shape index (κ3) is 4.21. The fraction of sp³-hybridized carbons (Fsp3) is 0.500. The average Bonchev–Trinajstić information content (AvgIpc) is 2.37. The van der Waals surface area contributed by atoms with Gasteiger partial charge in [0.2, 0.25) is 0 Å². The second-order valence-corrected chi connectivity index (χ2v) is 4.68. The summed E-state index contributed by atoms with van der Waals surface area (Å²) < 4.78 is 5.59. The molecule has 0 amide bonds. The molecule has 4 heteroatoms. The Hall–Kier alpha value is -1.24. The maximum atomic E-state index is 8.80. The van der Waals surface area contributed by atoms with Crippen molar-refractivity contribution in [2.24, 2.45) is 0 Å². The molecule has 1 N–H and O–H groups in total. The first-order valence-corrected chi connectivity index (χ1v) is 6.55. The first kappa shape index (κ1) is 14.8. The van der Waals surface area contributed by atoms with Crippen molar-refractivity contribution >= 4 is 11.6 Å². The Morgan fingerprint density at radius 2 is 2.17 bits per heavy atom. The van der Waals surface area contributed by atoms with E-state index in [1.807, 2.05) is 12.1 Å². The van der Waals surface area contributed by atoms with Crippen LogP contribution in [0.25, 0.3) is 0 Å². The number of hydrogen-bond donors (Lipinski definition) is 1. The molecule has 0 aliphatic rings. The molecule has 0 bridgehead atoms. The van der Waals surface area contributed by atoms with Crippen molar-refractivity contribution in [1.82, 2.24) is 5.32 Å². The number of benzene rings is 1. The van der Waals surface area contributed by atoms with Crippen molar-refractivity contribution in [3.8, 4) is 11.8 Å². The zero-order valence-electron chi connectivity index (χ0n) is 11.0. The van der Waals surface area contributed by atoms with E-state index < -0.39 is 6.10 Å². The van der Waals surface area contributed by atoms with Gasteiger partial charge in [0.1, 0.15) is 11.8 Å². The minimum atomic E-state index is -0.469. The van der Waals surface area contributed by atoms with Gasteiger partial charge in [-0.2, -0.15) is 5.26 Å². The number of nitriles is 1. The van der Waals surface area contributed by atoms with Crippen molar-refractivity contribution in [2.75, 3.05) is 6.54 Å². The van der Waals surface area contributed by atoms with Crippen LogP contribution in [-0.4, -0.2) is 12.6 Å². The van der Waals surface area contributed by atoms with Crippen LogP contribution in [0.3, 0.4) is 0 Å². The normalized spacial score (nSPS) is 13.7. The van der Waals surface area contributed by atoms with Crippen LogP contribution in [0.1, 0.15) is 38.8 Å². The summed E-state index contributed by atoms with van der Waals surface area (Å²) in [6, 6.07) is 7.68. The lowest BCUT2D eigenvalue weighted by Crippen LogP contribution is -2.21. The molecule has 1 aromatic carbocycles. The lowest BCUT2D eigenvalue weighted by molar-refractivity contribution is 0.271. The third-order valence-corrected chi connectivity index (χ3v) is 2.86. The van der Waals surface area contributed by atoms with Crippen LogP contribution in [0.5, 0.6) is 5.75 Å². The van der Waals surface area contributed by atoms with Crippen LogP contribution in [-0.2, 0) is 0 Å². The Morgan fingerprint density at radius 1 is 1.44 bits per heavy atom. The summed E-state index contributed by atoms with van der Waals surface area (Å²) in [7, 11) is 0. The molecule has 0 aliphatic heterocycles. The highest BCUT2D eigenvalue weighted by Crippen LogP contribution is 2.29. The molecule has 0 aromatic heterocycles. The van der Waals surface area contributed by atoms with Gasteiger partial charge in [0.05, 0.1) is 0 Å². The molecule has 2 atom stereocenters. The van der Waals surface area contributed by atoms with Crippen LogP contribution in [0.4, 0.5) is 0 Å². The molecule has 0 spiro atoms. The summed E-state index contributed by atoms with van der Waals surface area (Å²) in [5.74, 6) is 0.713. The molecule has 18 heavy (non-hydrogen) atoms. The molecule has 2 unspecified atom stereocenters. The van der Waals surface area contributed by atoms with Gasteiger partial charge in [-0.3, -0.25) is 0 Å². The number of ether oxygens (including phenoxy) is 1. The van der Waals surface area contributed by atoms with Crippen LogP contribution in [0, 0.1) is 11.3 Å². The molecular weight excluding hydrogens is 248 g/mol. The molecule has 1 aromatic rings. The summed E-state index contributed by atoms with van der Waals surface area (Å²) in [5, 5.41) is 12.9. The van der Waals surface area contributed by atoms with Crippen molar-refractivity contribution in [1.29, 1.82) is 5.26 Å². The van der Waals surface area contributed by atoms with E-state index >= 15 is 0 Å². The molecule has 1 rings (SSSR count). The van der Waals surface area contributed by atoms with Crippen LogP contribution < -0.4 is 10.1 Å². The summed E-state index contributed by atoms with van der Waals surface area (Å²) in [5.41, 5.74) is 0.984. The zero-order chi connectivity index (χ0) is 13.5. The Morgan fingerprint density at radius 3 is 2.78 bits per heavy atom. The summed E-state index contributed by atoms with van der Waals surface area (Å²) in [4.78, 5) is 0. The van der Waals surface area contributed by atoms with Crippen LogP contribution >= 0.6 is 11.6 Å². The van der Waals surface area contributed by atoms with Gasteiger partial charge in [-0.25, -0.2) is 0 Å².